The summed E-state index contributed by atoms with van der Waals surface area (Å²) in [6, 6.07) is 21.2. The summed E-state index contributed by atoms with van der Waals surface area (Å²) < 4.78 is 10.2. The predicted octanol–water partition coefficient (Wildman–Crippen LogP) is 3.06. The maximum absolute atomic E-state index is 11.3. The lowest BCUT2D eigenvalue weighted by atomic mass is 9.80. The molecule has 0 aromatic heterocycles. The lowest BCUT2D eigenvalue weighted by Gasteiger charge is -2.04. The summed E-state index contributed by atoms with van der Waals surface area (Å²) >= 11 is 3.43. The van der Waals surface area contributed by atoms with Crippen molar-refractivity contribution < 1.29 is 29.1 Å². The molecular formula is C22H20BBrO6. The van der Waals surface area contributed by atoms with Crippen LogP contribution in [0.4, 0.5) is 0 Å². The summed E-state index contributed by atoms with van der Waals surface area (Å²) in [5, 5.41) is 17.5. The van der Waals surface area contributed by atoms with Crippen LogP contribution < -0.4 is 5.46 Å². The van der Waals surface area contributed by atoms with Crippen molar-refractivity contribution in [2.75, 3.05) is 14.2 Å². The minimum Gasteiger partial charge on any atom is -0.465 e. The first-order chi connectivity index (χ1) is 14.3. The zero-order chi connectivity index (χ0) is 22.1. The van der Waals surface area contributed by atoms with Gasteiger partial charge in [-0.25, -0.2) is 9.59 Å². The average molecular weight is 471 g/mol. The Hall–Kier alpha value is -2.94. The number of carbonyl (C=O) groups excluding carboxylic acids is 2. The molecule has 0 aliphatic heterocycles. The van der Waals surface area contributed by atoms with Crippen LogP contribution in [0.25, 0.3) is 11.1 Å². The quantitative estimate of drug-likeness (QED) is 0.449. The van der Waals surface area contributed by atoms with Crippen LogP contribution in [0.3, 0.4) is 0 Å². The van der Waals surface area contributed by atoms with Crippen molar-refractivity contribution in [2.24, 2.45) is 0 Å². The first-order valence-electron chi connectivity index (χ1n) is 8.84. The van der Waals surface area contributed by atoms with E-state index in [9.17, 15) is 9.59 Å². The summed E-state index contributed by atoms with van der Waals surface area (Å²) in [5.74, 6) is -0.759. The minimum atomic E-state index is -1.51. The van der Waals surface area contributed by atoms with Gasteiger partial charge >= 0.3 is 19.1 Å². The van der Waals surface area contributed by atoms with E-state index in [2.05, 4.69) is 25.4 Å². The summed E-state index contributed by atoms with van der Waals surface area (Å²) in [7, 11) is 1.16. The molecule has 154 valence electrons. The molecule has 0 unspecified atom stereocenters. The number of benzene rings is 3. The van der Waals surface area contributed by atoms with Gasteiger partial charge in [-0.15, -0.1) is 0 Å². The SMILES string of the molecule is COC(=O)c1ccc(-c2cccc(Br)c2)cc1.COC(=O)c1ccc(B(O)O)cc1. The second kappa shape index (κ2) is 11.3. The zero-order valence-electron chi connectivity index (χ0n) is 16.4. The van der Waals surface area contributed by atoms with E-state index >= 15 is 0 Å². The second-order valence-corrected chi connectivity index (χ2v) is 6.98. The fourth-order valence-corrected chi connectivity index (χ4v) is 2.89. The molecule has 0 aliphatic rings. The van der Waals surface area contributed by atoms with Crippen LogP contribution in [-0.2, 0) is 9.47 Å². The van der Waals surface area contributed by atoms with E-state index in [0.717, 1.165) is 15.6 Å². The molecule has 0 bridgehead atoms. The lowest BCUT2D eigenvalue weighted by molar-refractivity contribution is 0.0592. The largest absolute Gasteiger partial charge is 0.488 e. The molecule has 0 saturated heterocycles. The fourth-order valence-electron chi connectivity index (χ4n) is 2.49. The van der Waals surface area contributed by atoms with Crippen molar-refractivity contribution in [1.82, 2.24) is 0 Å². The van der Waals surface area contributed by atoms with Gasteiger partial charge in [0.05, 0.1) is 25.3 Å². The van der Waals surface area contributed by atoms with Crippen LogP contribution in [0.5, 0.6) is 0 Å². The van der Waals surface area contributed by atoms with Gasteiger partial charge in [-0.05, 0) is 53.0 Å². The number of rotatable bonds is 4. The standard InChI is InChI=1S/C14H11BrO2.C8H9BO4/c1-17-14(16)11-7-5-10(6-8-11)12-3-2-4-13(15)9-12;1-13-8(10)6-2-4-7(5-3-6)9(11)12/h2-9H,1H3;2-5,11-12H,1H3. The van der Waals surface area contributed by atoms with Crippen LogP contribution in [0.1, 0.15) is 20.7 Å². The van der Waals surface area contributed by atoms with Crippen LogP contribution in [0.15, 0.2) is 77.3 Å². The topological polar surface area (TPSA) is 93.1 Å². The van der Waals surface area contributed by atoms with Crippen molar-refractivity contribution in [3.05, 3.63) is 88.4 Å². The molecule has 0 fully saturated rings. The Bertz CT molecular complexity index is 987. The Balaban J connectivity index is 0.000000222. The first kappa shape index (κ1) is 23.3. The molecule has 0 heterocycles. The Labute approximate surface area is 183 Å². The van der Waals surface area contributed by atoms with Gasteiger partial charge in [-0.3, -0.25) is 0 Å². The van der Waals surface area contributed by atoms with Gasteiger partial charge in [0.1, 0.15) is 0 Å². The first-order valence-corrected chi connectivity index (χ1v) is 9.63. The Morgan fingerprint density at radius 3 is 1.70 bits per heavy atom. The van der Waals surface area contributed by atoms with Crippen molar-refractivity contribution in [3.63, 3.8) is 0 Å². The van der Waals surface area contributed by atoms with Crippen LogP contribution in [-0.4, -0.2) is 43.3 Å². The molecule has 3 aromatic carbocycles. The van der Waals surface area contributed by atoms with Crippen molar-refractivity contribution in [2.45, 2.75) is 0 Å². The summed E-state index contributed by atoms with van der Waals surface area (Å²) in [6.45, 7) is 0. The van der Waals surface area contributed by atoms with Gasteiger partial charge in [-0.1, -0.05) is 52.3 Å². The molecule has 0 saturated carbocycles. The highest BCUT2D eigenvalue weighted by Crippen LogP contribution is 2.23. The van der Waals surface area contributed by atoms with E-state index in [1.807, 2.05) is 36.4 Å². The Kier molecular flexibility index (Phi) is 8.79. The van der Waals surface area contributed by atoms with Crippen molar-refractivity contribution >= 4 is 40.4 Å². The van der Waals surface area contributed by atoms with E-state index in [-0.39, 0.29) is 5.97 Å². The van der Waals surface area contributed by atoms with Crippen LogP contribution in [0, 0.1) is 0 Å². The molecule has 2 N–H and O–H groups in total. The summed E-state index contributed by atoms with van der Waals surface area (Å²) in [5.41, 5.74) is 3.46. The van der Waals surface area contributed by atoms with E-state index in [1.54, 1.807) is 12.1 Å². The van der Waals surface area contributed by atoms with Crippen molar-refractivity contribution in [3.8, 4) is 11.1 Å². The number of carbonyl (C=O) groups is 2. The monoisotopic (exact) mass is 470 g/mol. The summed E-state index contributed by atoms with van der Waals surface area (Å²) in [4.78, 5) is 22.2. The highest BCUT2D eigenvalue weighted by atomic mass is 79.9. The van der Waals surface area contributed by atoms with Crippen molar-refractivity contribution in [1.29, 1.82) is 0 Å². The third-order valence-electron chi connectivity index (χ3n) is 4.09. The summed E-state index contributed by atoms with van der Waals surface area (Å²) in [6.07, 6.45) is 0. The minimum absolute atomic E-state index is 0.314. The highest BCUT2D eigenvalue weighted by molar-refractivity contribution is 9.10. The highest BCUT2D eigenvalue weighted by Gasteiger charge is 2.11. The van der Waals surface area contributed by atoms with Gasteiger partial charge in [-0.2, -0.15) is 0 Å². The van der Waals surface area contributed by atoms with Crippen LogP contribution in [0.2, 0.25) is 0 Å². The fraction of sp³-hybridized carbons (Fsp3) is 0.0909. The van der Waals surface area contributed by atoms with E-state index in [1.165, 1.54) is 38.5 Å². The smallest absolute Gasteiger partial charge is 0.465 e. The van der Waals surface area contributed by atoms with Gasteiger partial charge in [0.2, 0.25) is 0 Å². The molecule has 0 amide bonds. The number of halogens is 1. The van der Waals surface area contributed by atoms with Gasteiger partial charge in [0, 0.05) is 4.47 Å². The maximum Gasteiger partial charge on any atom is 0.488 e. The third-order valence-corrected chi connectivity index (χ3v) is 4.59. The van der Waals surface area contributed by atoms with E-state index < -0.39 is 13.1 Å². The molecule has 30 heavy (non-hydrogen) atoms. The third kappa shape index (κ3) is 6.55. The number of hydrogen-bond donors (Lipinski definition) is 2. The molecular weight excluding hydrogens is 451 g/mol. The molecule has 3 rings (SSSR count). The molecule has 3 aromatic rings. The molecule has 6 nitrogen and oxygen atoms in total. The normalized spacial score (nSPS) is 9.77. The lowest BCUT2D eigenvalue weighted by Crippen LogP contribution is -2.29. The maximum atomic E-state index is 11.3. The zero-order valence-corrected chi connectivity index (χ0v) is 18.0. The number of esters is 2. The molecule has 0 aliphatic carbocycles. The Morgan fingerprint density at radius 2 is 1.27 bits per heavy atom. The van der Waals surface area contributed by atoms with Gasteiger partial charge in [0.15, 0.2) is 0 Å². The molecule has 0 radical (unpaired) electrons. The van der Waals surface area contributed by atoms with Gasteiger partial charge < -0.3 is 19.5 Å². The molecule has 8 heteroatoms. The van der Waals surface area contributed by atoms with E-state index in [0.29, 0.717) is 16.6 Å². The molecule has 0 spiro atoms. The number of ether oxygens (including phenoxy) is 2. The van der Waals surface area contributed by atoms with E-state index in [4.69, 9.17) is 10.0 Å². The second-order valence-electron chi connectivity index (χ2n) is 6.07. The molecule has 0 atom stereocenters. The van der Waals surface area contributed by atoms with Gasteiger partial charge in [0.25, 0.3) is 0 Å². The predicted molar refractivity (Wildman–Crippen MR) is 119 cm³/mol. The average Bonchev–Trinajstić information content (AvgIpc) is 2.78. The number of methoxy groups -OCH3 is 2. The Morgan fingerprint density at radius 1 is 0.767 bits per heavy atom. The number of hydrogen-bond acceptors (Lipinski definition) is 6. The van der Waals surface area contributed by atoms with Crippen LogP contribution >= 0.6 is 15.9 Å².